The van der Waals surface area contributed by atoms with Gasteiger partial charge < -0.3 is 4.57 Å². The second kappa shape index (κ2) is 3.44. The lowest BCUT2D eigenvalue weighted by Gasteiger charge is -2.07. The van der Waals surface area contributed by atoms with Crippen LogP contribution in [0, 0.1) is 11.3 Å². The minimum atomic E-state index is -0.230. The number of nitriles is 1. The number of aryl methyl sites for hydroxylation is 1. The molecule has 0 unspecified atom stereocenters. The van der Waals surface area contributed by atoms with Crippen molar-refractivity contribution in [3.8, 4) is 6.07 Å². The van der Waals surface area contributed by atoms with Gasteiger partial charge in [-0.3, -0.25) is 4.79 Å². The van der Waals surface area contributed by atoms with Crippen LogP contribution in [-0.4, -0.2) is 4.57 Å². The molecular weight excluding hydrogens is 164 g/mol. The second-order valence-electron chi connectivity index (χ2n) is 3.37. The van der Waals surface area contributed by atoms with E-state index in [1.165, 1.54) is 4.57 Å². The minimum absolute atomic E-state index is 0.216. The molecule has 68 valence electrons. The molecule has 1 aromatic rings. The molecule has 0 aliphatic rings. The van der Waals surface area contributed by atoms with Gasteiger partial charge in [-0.25, -0.2) is 0 Å². The van der Waals surface area contributed by atoms with Gasteiger partial charge in [0.15, 0.2) is 0 Å². The lowest BCUT2D eigenvalue weighted by molar-refractivity contribution is 0.791. The van der Waals surface area contributed by atoms with Gasteiger partial charge in [-0.15, -0.1) is 0 Å². The van der Waals surface area contributed by atoms with Crippen LogP contribution in [0.15, 0.2) is 17.1 Å². The number of hydrogen-bond acceptors (Lipinski definition) is 2. The summed E-state index contributed by atoms with van der Waals surface area (Å²) in [7, 11) is 1.66. The third kappa shape index (κ3) is 1.78. The smallest absolute Gasteiger partial charge is 0.268 e. The Kier molecular flexibility index (Phi) is 2.52. The Morgan fingerprint density at radius 2 is 2.15 bits per heavy atom. The van der Waals surface area contributed by atoms with Crippen molar-refractivity contribution in [3.63, 3.8) is 0 Å². The van der Waals surface area contributed by atoms with E-state index in [4.69, 9.17) is 5.26 Å². The molecule has 0 aliphatic heterocycles. The highest BCUT2D eigenvalue weighted by Crippen LogP contribution is 2.12. The molecule has 1 aromatic heterocycles. The molecule has 0 spiro atoms. The van der Waals surface area contributed by atoms with Gasteiger partial charge in [-0.1, -0.05) is 13.8 Å². The number of aromatic nitrogens is 1. The minimum Gasteiger partial charge on any atom is -0.317 e. The Bertz CT molecular complexity index is 410. The number of pyridine rings is 1. The van der Waals surface area contributed by atoms with Gasteiger partial charge in [-0.2, -0.15) is 5.26 Å². The standard InChI is InChI=1S/C10H12N2O/c1-7(2)9-4-8(5-11)10(13)12(3)6-9/h4,6-7H,1-3H3. The predicted octanol–water partition coefficient (Wildman–Crippen LogP) is 1.38. The molecule has 13 heavy (non-hydrogen) atoms. The van der Waals surface area contributed by atoms with Gasteiger partial charge in [0.2, 0.25) is 0 Å². The molecule has 0 radical (unpaired) electrons. The summed E-state index contributed by atoms with van der Waals surface area (Å²) in [5, 5.41) is 8.69. The molecule has 0 fully saturated rings. The largest absolute Gasteiger partial charge is 0.317 e. The van der Waals surface area contributed by atoms with Crippen molar-refractivity contribution in [1.29, 1.82) is 5.26 Å². The number of nitrogens with zero attached hydrogens (tertiary/aromatic N) is 2. The Morgan fingerprint density at radius 3 is 2.62 bits per heavy atom. The third-order valence-electron chi connectivity index (χ3n) is 1.99. The van der Waals surface area contributed by atoms with Crippen molar-refractivity contribution in [1.82, 2.24) is 4.57 Å². The highest BCUT2D eigenvalue weighted by Gasteiger charge is 2.05. The molecule has 0 atom stereocenters. The van der Waals surface area contributed by atoms with E-state index in [1.54, 1.807) is 19.3 Å². The molecule has 1 heterocycles. The SMILES string of the molecule is CC(C)c1cc(C#N)c(=O)n(C)c1. The molecule has 0 aromatic carbocycles. The third-order valence-corrected chi connectivity index (χ3v) is 1.99. The Labute approximate surface area is 77.2 Å². The summed E-state index contributed by atoms with van der Waals surface area (Å²) in [5.41, 5.74) is 0.999. The van der Waals surface area contributed by atoms with Gasteiger partial charge in [0.1, 0.15) is 11.6 Å². The zero-order chi connectivity index (χ0) is 10.0. The van der Waals surface area contributed by atoms with Crippen LogP contribution in [0.25, 0.3) is 0 Å². The summed E-state index contributed by atoms with van der Waals surface area (Å²) < 4.78 is 1.45. The van der Waals surface area contributed by atoms with Crippen LogP contribution in [0.3, 0.4) is 0 Å². The maximum atomic E-state index is 11.3. The van der Waals surface area contributed by atoms with Crippen molar-refractivity contribution in [2.45, 2.75) is 19.8 Å². The maximum absolute atomic E-state index is 11.3. The summed E-state index contributed by atoms with van der Waals surface area (Å²) in [5.74, 6) is 0.332. The van der Waals surface area contributed by atoms with Crippen molar-refractivity contribution in [2.75, 3.05) is 0 Å². The van der Waals surface area contributed by atoms with Crippen LogP contribution < -0.4 is 5.56 Å². The van der Waals surface area contributed by atoms with Crippen LogP contribution in [0.4, 0.5) is 0 Å². The molecule has 0 amide bonds. The molecule has 0 N–H and O–H groups in total. The Hall–Kier alpha value is -1.56. The lowest BCUT2D eigenvalue weighted by atomic mass is 10.0. The first-order valence-electron chi connectivity index (χ1n) is 4.17. The van der Waals surface area contributed by atoms with Crippen LogP contribution in [0.1, 0.15) is 30.9 Å². The molecule has 0 saturated carbocycles. The van der Waals surface area contributed by atoms with E-state index < -0.39 is 0 Å². The van der Waals surface area contributed by atoms with Crippen LogP contribution in [0.2, 0.25) is 0 Å². The van der Waals surface area contributed by atoms with Gasteiger partial charge >= 0.3 is 0 Å². The molecule has 0 aliphatic carbocycles. The Balaban J connectivity index is 3.42. The van der Waals surface area contributed by atoms with Gasteiger partial charge in [0, 0.05) is 13.2 Å². The fourth-order valence-corrected chi connectivity index (χ4v) is 1.13. The zero-order valence-electron chi connectivity index (χ0n) is 8.03. The monoisotopic (exact) mass is 176 g/mol. The van der Waals surface area contributed by atoms with E-state index in [2.05, 4.69) is 0 Å². The van der Waals surface area contributed by atoms with Crippen molar-refractivity contribution < 1.29 is 0 Å². The van der Waals surface area contributed by atoms with E-state index >= 15 is 0 Å². The van der Waals surface area contributed by atoms with Crippen molar-refractivity contribution in [2.24, 2.45) is 7.05 Å². The average Bonchev–Trinajstić information content (AvgIpc) is 2.09. The van der Waals surface area contributed by atoms with Crippen LogP contribution in [-0.2, 0) is 7.05 Å². The van der Waals surface area contributed by atoms with Crippen molar-refractivity contribution in [3.05, 3.63) is 33.7 Å². The second-order valence-corrected chi connectivity index (χ2v) is 3.37. The van der Waals surface area contributed by atoms with Gasteiger partial charge in [0.05, 0.1) is 0 Å². The molecule has 3 heteroatoms. The lowest BCUT2D eigenvalue weighted by Crippen LogP contribution is -2.19. The first kappa shape index (κ1) is 9.53. The van der Waals surface area contributed by atoms with Gasteiger partial charge in [0.25, 0.3) is 5.56 Å². The van der Waals surface area contributed by atoms with E-state index in [9.17, 15) is 4.79 Å². The number of rotatable bonds is 1. The number of hydrogen-bond donors (Lipinski definition) is 0. The first-order chi connectivity index (χ1) is 6.06. The molecule has 3 nitrogen and oxygen atoms in total. The fourth-order valence-electron chi connectivity index (χ4n) is 1.13. The van der Waals surface area contributed by atoms with Gasteiger partial charge in [-0.05, 0) is 17.5 Å². The molecule has 0 saturated heterocycles. The molecular formula is C10H12N2O. The summed E-state index contributed by atoms with van der Waals surface area (Å²) in [6.45, 7) is 4.06. The van der Waals surface area contributed by atoms with E-state index in [0.29, 0.717) is 5.92 Å². The van der Waals surface area contributed by atoms with E-state index in [1.807, 2.05) is 19.9 Å². The van der Waals surface area contributed by atoms with Crippen molar-refractivity contribution >= 4 is 0 Å². The van der Waals surface area contributed by atoms with Crippen LogP contribution >= 0.6 is 0 Å². The predicted molar refractivity (Wildman–Crippen MR) is 50.5 cm³/mol. The summed E-state index contributed by atoms with van der Waals surface area (Å²) in [6.07, 6.45) is 1.77. The maximum Gasteiger partial charge on any atom is 0.268 e. The Morgan fingerprint density at radius 1 is 1.54 bits per heavy atom. The highest BCUT2D eigenvalue weighted by atomic mass is 16.1. The van der Waals surface area contributed by atoms with E-state index in [0.717, 1.165) is 5.56 Å². The summed E-state index contributed by atoms with van der Waals surface area (Å²) in [4.78, 5) is 11.3. The highest BCUT2D eigenvalue weighted by molar-refractivity contribution is 5.31. The molecule has 1 rings (SSSR count). The van der Waals surface area contributed by atoms with Crippen LogP contribution in [0.5, 0.6) is 0 Å². The quantitative estimate of drug-likeness (QED) is 0.649. The van der Waals surface area contributed by atoms with E-state index in [-0.39, 0.29) is 11.1 Å². The normalized spacial score (nSPS) is 10.1. The summed E-state index contributed by atoms with van der Waals surface area (Å²) >= 11 is 0. The fraction of sp³-hybridized carbons (Fsp3) is 0.400. The zero-order valence-corrected chi connectivity index (χ0v) is 8.03. The average molecular weight is 176 g/mol. The summed E-state index contributed by atoms with van der Waals surface area (Å²) in [6, 6.07) is 3.56. The first-order valence-corrected chi connectivity index (χ1v) is 4.17. The molecule has 0 bridgehead atoms. The topological polar surface area (TPSA) is 45.8 Å².